The molecule has 0 fully saturated rings. The van der Waals surface area contributed by atoms with Crippen molar-refractivity contribution in [1.29, 1.82) is 0 Å². The van der Waals surface area contributed by atoms with Crippen LogP contribution in [0.1, 0.15) is 16.1 Å². The molecule has 2 aromatic rings. The van der Waals surface area contributed by atoms with E-state index in [0.29, 0.717) is 6.54 Å². The number of benzene rings is 1. The smallest absolute Gasteiger partial charge is 0.271 e. The van der Waals surface area contributed by atoms with E-state index in [1.54, 1.807) is 7.11 Å². The van der Waals surface area contributed by atoms with Gasteiger partial charge in [0.05, 0.1) is 19.5 Å². The van der Waals surface area contributed by atoms with Crippen molar-refractivity contribution in [3.63, 3.8) is 0 Å². The summed E-state index contributed by atoms with van der Waals surface area (Å²) >= 11 is 5.67. The molecule has 0 aliphatic rings. The molecule has 1 aromatic heterocycles. The van der Waals surface area contributed by atoms with E-state index in [1.165, 1.54) is 12.4 Å². The van der Waals surface area contributed by atoms with Crippen LogP contribution in [0.15, 0.2) is 36.7 Å². The minimum absolute atomic E-state index is 0.192. The van der Waals surface area contributed by atoms with E-state index in [-0.39, 0.29) is 16.8 Å². The fourth-order valence-corrected chi connectivity index (χ4v) is 1.62. The zero-order valence-electron chi connectivity index (χ0n) is 10.3. The lowest BCUT2D eigenvalue weighted by Crippen LogP contribution is -2.23. The number of ether oxygens (including phenoxy) is 1. The van der Waals surface area contributed by atoms with Crippen LogP contribution in [0.4, 0.5) is 0 Å². The molecule has 5 nitrogen and oxygen atoms in total. The Morgan fingerprint density at radius 3 is 2.68 bits per heavy atom. The highest BCUT2D eigenvalue weighted by atomic mass is 35.5. The monoisotopic (exact) mass is 277 g/mol. The van der Waals surface area contributed by atoms with Crippen LogP contribution in [0.5, 0.6) is 5.75 Å². The largest absolute Gasteiger partial charge is 0.497 e. The maximum absolute atomic E-state index is 11.8. The molecule has 0 aliphatic carbocycles. The first-order valence-corrected chi connectivity index (χ1v) is 5.95. The summed E-state index contributed by atoms with van der Waals surface area (Å²) < 4.78 is 5.06. The maximum atomic E-state index is 11.8. The van der Waals surface area contributed by atoms with Crippen LogP contribution in [0.25, 0.3) is 0 Å². The number of carbonyl (C=O) groups is 1. The number of carbonyl (C=O) groups excluding carboxylic acids is 1. The Bertz CT molecular complexity index is 572. The van der Waals surface area contributed by atoms with Crippen LogP contribution in [-0.2, 0) is 6.54 Å². The van der Waals surface area contributed by atoms with Gasteiger partial charge in [0.1, 0.15) is 16.6 Å². The highest BCUT2D eigenvalue weighted by Crippen LogP contribution is 2.11. The Morgan fingerprint density at radius 1 is 1.32 bits per heavy atom. The average Bonchev–Trinajstić information content (AvgIpc) is 2.45. The molecule has 1 N–H and O–H groups in total. The molecule has 1 heterocycles. The second-order valence-electron chi connectivity index (χ2n) is 3.76. The summed E-state index contributed by atoms with van der Waals surface area (Å²) in [5.41, 5.74) is 1.16. The van der Waals surface area contributed by atoms with E-state index < -0.39 is 0 Å². The zero-order chi connectivity index (χ0) is 13.7. The van der Waals surface area contributed by atoms with E-state index in [2.05, 4.69) is 15.3 Å². The molecular weight excluding hydrogens is 266 g/mol. The second-order valence-corrected chi connectivity index (χ2v) is 4.15. The molecule has 0 saturated heterocycles. The molecule has 0 aliphatic heterocycles. The normalized spacial score (nSPS) is 10.0. The minimum Gasteiger partial charge on any atom is -0.497 e. The number of rotatable bonds is 4. The summed E-state index contributed by atoms with van der Waals surface area (Å²) in [7, 11) is 1.61. The van der Waals surface area contributed by atoms with Gasteiger partial charge in [0, 0.05) is 6.54 Å². The van der Waals surface area contributed by atoms with Gasteiger partial charge in [0.15, 0.2) is 0 Å². The molecule has 2 rings (SSSR count). The SMILES string of the molecule is COc1ccc(CNC(=O)c2cncc(Cl)n2)cc1. The van der Waals surface area contributed by atoms with E-state index in [9.17, 15) is 4.79 Å². The molecule has 6 heteroatoms. The van der Waals surface area contributed by atoms with Crippen molar-refractivity contribution in [2.24, 2.45) is 0 Å². The van der Waals surface area contributed by atoms with E-state index in [0.717, 1.165) is 11.3 Å². The van der Waals surface area contributed by atoms with Crippen LogP contribution >= 0.6 is 11.6 Å². The van der Waals surface area contributed by atoms with Gasteiger partial charge >= 0.3 is 0 Å². The first kappa shape index (κ1) is 13.3. The first-order chi connectivity index (χ1) is 9.19. The van der Waals surface area contributed by atoms with Crippen molar-refractivity contribution in [2.75, 3.05) is 7.11 Å². The van der Waals surface area contributed by atoms with Crippen molar-refractivity contribution in [1.82, 2.24) is 15.3 Å². The van der Waals surface area contributed by atoms with Gasteiger partial charge in [0.25, 0.3) is 5.91 Å². The Hall–Kier alpha value is -2.14. The highest BCUT2D eigenvalue weighted by Gasteiger charge is 2.07. The van der Waals surface area contributed by atoms with Gasteiger partial charge in [-0.15, -0.1) is 0 Å². The lowest BCUT2D eigenvalue weighted by Gasteiger charge is -2.05. The van der Waals surface area contributed by atoms with Gasteiger partial charge in [-0.3, -0.25) is 9.78 Å². The molecule has 0 atom stereocenters. The second kappa shape index (κ2) is 6.15. The van der Waals surface area contributed by atoms with Gasteiger partial charge in [-0.1, -0.05) is 23.7 Å². The van der Waals surface area contributed by atoms with E-state index in [4.69, 9.17) is 16.3 Å². The van der Waals surface area contributed by atoms with Gasteiger partial charge in [-0.25, -0.2) is 4.98 Å². The Kier molecular flexibility index (Phi) is 4.30. The summed E-state index contributed by atoms with van der Waals surface area (Å²) in [5.74, 6) is 0.460. The Balaban J connectivity index is 1.96. The summed E-state index contributed by atoms with van der Waals surface area (Å²) in [4.78, 5) is 19.5. The Morgan fingerprint density at radius 2 is 2.05 bits per heavy atom. The number of methoxy groups -OCH3 is 1. The summed E-state index contributed by atoms with van der Waals surface area (Å²) in [5, 5.41) is 2.93. The highest BCUT2D eigenvalue weighted by molar-refractivity contribution is 6.29. The first-order valence-electron chi connectivity index (χ1n) is 5.57. The van der Waals surface area contributed by atoms with Crippen molar-refractivity contribution in [3.05, 3.63) is 53.1 Å². The van der Waals surface area contributed by atoms with Gasteiger partial charge in [0.2, 0.25) is 0 Å². The molecule has 0 radical (unpaired) electrons. The standard InChI is InChI=1S/C13H12ClN3O2/c1-19-10-4-2-9(3-5-10)6-16-13(18)11-7-15-8-12(14)17-11/h2-5,7-8H,6H2,1H3,(H,16,18). The number of halogens is 1. The third-order valence-corrected chi connectivity index (χ3v) is 2.63. The number of hydrogen-bond donors (Lipinski definition) is 1. The summed E-state index contributed by atoms with van der Waals surface area (Å²) in [6, 6.07) is 7.42. The lowest BCUT2D eigenvalue weighted by atomic mass is 10.2. The fourth-order valence-electron chi connectivity index (χ4n) is 1.47. The predicted molar refractivity (Wildman–Crippen MR) is 71.2 cm³/mol. The topological polar surface area (TPSA) is 64.1 Å². The third kappa shape index (κ3) is 3.66. The lowest BCUT2D eigenvalue weighted by molar-refractivity contribution is 0.0945. The van der Waals surface area contributed by atoms with Crippen LogP contribution in [0, 0.1) is 0 Å². The number of nitrogens with zero attached hydrogens (tertiary/aromatic N) is 2. The molecule has 19 heavy (non-hydrogen) atoms. The van der Waals surface area contributed by atoms with Crippen molar-refractivity contribution >= 4 is 17.5 Å². The molecular formula is C13H12ClN3O2. The van der Waals surface area contributed by atoms with Crippen molar-refractivity contribution in [2.45, 2.75) is 6.54 Å². The van der Waals surface area contributed by atoms with Crippen molar-refractivity contribution in [3.8, 4) is 5.75 Å². The number of hydrogen-bond acceptors (Lipinski definition) is 4. The van der Waals surface area contributed by atoms with Gasteiger partial charge in [-0.2, -0.15) is 0 Å². The van der Waals surface area contributed by atoms with E-state index >= 15 is 0 Å². The fraction of sp³-hybridized carbons (Fsp3) is 0.154. The van der Waals surface area contributed by atoms with Crippen LogP contribution in [0.3, 0.4) is 0 Å². The molecule has 0 unspecified atom stereocenters. The molecule has 0 saturated carbocycles. The number of aromatic nitrogens is 2. The quantitative estimate of drug-likeness (QED) is 0.929. The van der Waals surface area contributed by atoms with Gasteiger partial charge < -0.3 is 10.1 Å². The average molecular weight is 278 g/mol. The molecule has 1 amide bonds. The van der Waals surface area contributed by atoms with Crippen molar-refractivity contribution < 1.29 is 9.53 Å². The van der Waals surface area contributed by atoms with Gasteiger partial charge in [-0.05, 0) is 17.7 Å². The Labute approximate surface area is 115 Å². The molecule has 1 aromatic carbocycles. The van der Waals surface area contributed by atoms with Crippen LogP contribution < -0.4 is 10.1 Å². The third-order valence-electron chi connectivity index (χ3n) is 2.45. The van der Waals surface area contributed by atoms with Crippen LogP contribution in [0.2, 0.25) is 5.15 Å². The summed E-state index contributed by atoms with van der Waals surface area (Å²) in [6.07, 6.45) is 2.75. The number of amides is 1. The zero-order valence-corrected chi connectivity index (χ0v) is 11.0. The van der Waals surface area contributed by atoms with Crippen LogP contribution in [-0.4, -0.2) is 23.0 Å². The molecule has 0 bridgehead atoms. The molecule has 0 spiro atoms. The summed E-state index contributed by atoms with van der Waals surface area (Å²) in [6.45, 7) is 0.400. The number of nitrogens with one attached hydrogen (secondary N) is 1. The minimum atomic E-state index is -0.314. The maximum Gasteiger partial charge on any atom is 0.271 e. The molecule has 98 valence electrons. The predicted octanol–water partition coefficient (Wildman–Crippen LogP) is 2.07. The van der Waals surface area contributed by atoms with E-state index in [1.807, 2.05) is 24.3 Å².